The van der Waals surface area contributed by atoms with Crippen LogP contribution in [-0.2, 0) is 11.2 Å². The van der Waals surface area contributed by atoms with Gasteiger partial charge in [-0.1, -0.05) is 103 Å². The molecule has 1 aromatic carbocycles. The molecule has 0 radical (unpaired) electrons. The number of benzene rings is 1. The van der Waals surface area contributed by atoms with Crippen LogP contribution in [0.15, 0.2) is 30.5 Å². The van der Waals surface area contributed by atoms with Gasteiger partial charge in [-0.05, 0) is 36.7 Å². The maximum Gasteiger partial charge on any atom is 0.228 e. The zero-order valence-electron chi connectivity index (χ0n) is 21.0. The summed E-state index contributed by atoms with van der Waals surface area (Å²) < 4.78 is 5.33. The Bertz CT molecular complexity index is 646. The average molecular weight is 461 g/mol. The van der Waals surface area contributed by atoms with Gasteiger partial charge in [-0.3, -0.25) is 4.79 Å². The zero-order valence-corrected chi connectivity index (χ0v) is 21.0. The summed E-state index contributed by atoms with van der Waals surface area (Å²) in [6.45, 7) is 3.00. The lowest BCUT2D eigenvalue weighted by atomic mass is 10.0. The second-order valence-corrected chi connectivity index (χ2v) is 8.97. The van der Waals surface area contributed by atoms with Crippen molar-refractivity contribution in [1.29, 1.82) is 0 Å². The number of rotatable bonds is 21. The number of amides is 1. The Hall–Kier alpha value is -2.01. The number of unbranched alkanes of at least 4 members (excludes halogenated alkanes) is 14. The molecule has 0 fully saturated rings. The van der Waals surface area contributed by atoms with E-state index in [0.29, 0.717) is 18.9 Å². The second-order valence-electron chi connectivity index (χ2n) is 8.97. The van der Waals surface area contributed by atoms with Crippen LogP contribution in [0.5, 0.6) is 11.5 Å². The first kappa shape index (κ1) is 29.0. The van der Waals surface area contributed by atoms with Gasteiger partial charge in [0.1, 0.15) is 6.61 Å². The van der Waals surface area contributed by atoms with Crippen LogP contribution < -0.4 is 15.8 Å². The third-order valence-electron chi connectivity index (χ3n) is 5.85. The molecule has 0 saturated heterocycles. The molecular weight excluding hydrogens is 412 g/mol. The standard InChI is InChI=1S/C28H48N2O3/c1-2-3-4-5-6-7-8-9-10-11-12-13-14-15-16-17-21-30-28(32)24-25-18-19-27(26(31)23-25)33-22-20-29/h17-19,21,23,31H,2-16,20,22,24,29H2,1H3,(H,30,32)/b21-17+. The summed E-state index contributed by atoms with van der Waals surface area (Å²) in [6, 6.07) is 5.01. The Morgan fingerprint density at radius 3 is 2.06 bits per heavy atom. The summed E-state index contributed by atoms with van der Waals surface area (Å²) in [5.41, 5.74) is 6.13. The van der Waals surface area contributed by atoms with Gasteiger partial charge in [0, 0.05) is 6.54 Å². The van der Waals surface area contributed by atoms with Gasteiger partial charge in [-0.25, -0.2) is 0 Å². The highest BCUT2D eigenvalue weighted by Gasteiger charge is 2.07. The van der Waals surface area contributed by atoms with E-state index in [1.165, 1.54) is 89.9 Å². The Labute approximate surface area is 202 Å². The van der Waals surface area contributed by atoms with Crippen molar-refractivity contribution in [1.82, 2.24) is 5.32 Å². The summed E-state index contributed by atoms with van der Waals surface area (Å²) in [6.07, 6.45) is 24.1. The number of ether oxygens (including phenoxy) is 1. The highest BCUT2D eigenvalue weighted by atomic mass is 16.5. The van der Waals surface area contributed by atoms with Crippen molar-refractivity contribution in [3.63, 3.8) is 0 Å². The normalized spacial score (nSPS) is 11.2. The summed E-state index contributed by atoms with van der Waals surface area (Å²) in [7, 11) is 0. The van der Waals surface area contributed by atoms with E-state index in [1.54, 1.807) is 24.4 Å². The maximum absolute atomic E-state index is 12.0. The van der Waals surface area contributed by atoms with Gasteiger partial charge in [0.2, 0.25) is 5.91 Å². The molecule has 5 nitrogen and oxygen atoms in total. The van der Waals surface area contributed by atoms with Gasteiger partial charge >= 0.3 is 0 Å². The van der Waals surface area contributed by atoms with Crippen LogP contribution in [0.3, 0.4) is 0 Å². The molecule has 0 saturated carbocycles. The minimum atomic E-state index is -0.0952. The van der Waals surface area contributed by atoms with E-state index in [0.717, 1.165) is 12.0 Å². The van der Waals surface area contributed by atoms with Crippen molar-refractivity contribution in [3.8, 4) is 11.5 Å². The number of aromatic hydroxyl groups is 1. The fraction of sp³-hybridized carbons (Fsp3) is 0.679. The quantitative estimate of drug-likeness (QED) is 0.177. The third-order valence-corrected chi connectivity index (χ3v) is 5.85. The number of nitrogens with two attached hydrogens (primary N) is 1. The van der Waals surface area contributed by atoms with Crippen LogP contribution in [0.2, 0.25) is 0 Å². The lowest BCUT2D eigenvalue weighted by molar-refractivity contribution is -0.119. The van der Waals surface area contributed by atoms with E-state index in [9.17, 15) is 9.90 Å². The number of carbonyl (C=O) groups is 1. The highest BCUT2D eigenvalue weighted by Crippen LogP contribution is 2.26. The van der Waals surface area contributed by atoms with Gasteiger partial charge in [-0.2, -0.15) is 0 Å². The molecule has 0 unspecified atom stereocenters. The molecule has 1 aromatic rings. The summed E-state index contributed by atoms with van der Waals surface area (Å²) in [5.74, 6) is 0.321. The number of nitrogens with one attached hydrogen (secondary N) is 1. The molecule has 0 heterocycles. The Balaban J connectivity index is 1.95. The van der Waals surface area contributed by atoms with Gasteiger partial charge in [-0.15, -0.1) is 0 Å². The molecule has 0 atom stereocenters. The first-order chi connectivity index (χ1) is 16.2. The third kappa shape index (κ3) is 16.3. The molecular formula is C28H48N2O3. The topological polar surface area (TPSA) is 84.6 Å². The predicted octanol–water partition coefficient (Wildman–Crippen LogP) is 6.77. The lowest BCUT2D eigenvalue weighted by Crippen LogP contribution is -2.19. The number of allylic oxidation sites excluding steroid dienone is 1. The number of carbonyl (C=O) groups excluding carboxylic acids is 1. The molecule has 1 amide bonds. The highest BCUT2D eigenvalue weighted by molar-refractivity contribution is 5.79. The van der Waals surface area contributed by atoms with Crippen molar-refractivity contribution in [2.45, 2.75) is 110 Å². The van der Waals surface area contributed by atoms with Crippen molar-refractivity contribution in [2.75, 3.05) is 13.2 Å². The van der Waals surface area contributed by atoms with Gasteiger partial charge in [0.25, 0.3) is 0 Å². The summed E-state index contributed by atoms with van der Waals surface area (Å²) in [4.78, 5) is 12.0. The van der Waals surface area contributed by atoms with E-state index in [2.05, 4.69) is 12.2 Å². The fourth-order valence-corrected chi connectivity index (χ4v) is 3.89. The molecule has 0 aliphatic carbocycles. The van der Waals surface area contributed by atoms with Crippen LogP contribution in [0, 0.1) is 0 Å². The van der Waals surface area contributed by atoms with Crippen molar-refractivity contribution in [3.05, 3.63) is 36.0 Å². The number of hydrogen-bond acceptors (Lipinski definition) is 4. The first-order valence-corrected chi connectivity index (χ1v) is 13.3. The molecule has 0 bridgehead atoms. The van der Waals surface area contributed by atoms with E-state index >= 15 is 0 Å². The number of hydrogen-bond donors (Lipinski definition) is 3. The van der Waals surface area contributed by atoms with Gasteiger partial charge in [0.05, 0.1) is 6.42 Å². The summed E-state index contributed by atoms with van der Waals surface area (Å²) >= 11 is 0. The Morgan fingerprint density at radius 1 is 0.939 bits per heavy atom. The lowest BCUT2D eigenvalue weighted by Gasteiger charge is -2.08. The maximum atomic E-state index is 12.0. The molecule has 0 aliphatic heterocycles. The number of phenols is 1. The second kappa shape index (κ2) is 20.6. The number of phenolic OH excluding ortho intramolecular Hbond substituents is 1. The van der Waals surface area contributed by atoms with Crippen LogP contribution >= 0.6 is 0 Å². The summed E-state index contributed by atoms with van der Waals surface area (Å²) in [5, 5.41) is 12.8. The van der Waals surface area contributed by atoms with E-state index in [4.69, 9.17) is 10.5 Å². The Morgan fingerprint density at radius 2 is 1.52 bits per heavy atom. The predicted molar refractivity (Wildman–Crippen MR) is 139 cm³/mol. The van der Waals surface area contributed by atoms with E-state index in [1.807, 2.05) is 6.08 Å². The van der Waals surface area contributed by atoms with Crippen LogP contribution in [-0.4, -0.2) is 24.2 Å². The van der Waals surface area contributed by atoms with Crippen LogP contribution in [0.25, 0.3) is 0 Å². The van der Waals surface area contributed by atoms with Crippen molar-refractivity contribution >= 4 is 5.91 Å². The fourth-order valence-electron chi connectivity index (χ4n) is 3.89. The SMILES string of the molecule is CCCCCCCCCCCCCCCC/C=C/NC(=O)Cc1ccc(OCCN)c(O)c1. The molecule has 33 heavy (non-hydrogen) atoms. The zero-order chi connectivity index (χ0) is 24.0. The smallest absolute Gasteiger partial charge is 0.228 e. The molecule has 0 aliphatic rings. The Kier molecular flexibility index (Phi) is 18.1. The van der Waals surface area contributed by atoms with Crippen LogP contribution in [0.4, 0.5) is 0 Å². The largest absolute Gasteiger partial charge is 0.504 e. The average Bonchev–Trinajstić information content (AvgIpc) is 2.80. The molecule has 0 spiro atoms. The van der Waals surface area contributed by atoms with Gasteiger partial charge < -0.3 is 20.9 Å². The van der Waals surface area contributed by atoms with E-state index < -0.39 is 0 Å². The minimum absolute atomic E-state index is 0.0297. The van der Waals surface area contributed by atoms with Crippen LogP contribution in [0.1, 0.15) is 109 Å². The monoisotopic (exact) mass is 460 g/mol. The molecule has 5 heteroatoms. The molecule has 0 aromatic heterocycles. The van der Waals surface area contributed by atoms with Crippen molar-refractivity contribution < 1.29 is 14.6 Å². The first-order valence-electron chi connectivity index (χ1n) is 13.3. The van der Waals surface area contributed by atoms with Gasteiger partial charge in [0.15, 0.2) is 11.5 Å². The van der Waals surface area contributed by atoms with Crippen molar-refractivity contribution in [2.24, 2.45) is 5.73 Å². The molecule has 4 N–H and O–H groups in total. The van der Waals surface area contributed by atoms with E-state index in [-0.39, 0.29) is 18.1 Å². The molecule has 188 valence electrons. The molecule has 1 rings (SSSR count). The minimum Gasteiger partial charge on any atom is -0.504 e.